The Hall–Kier alpha value is -2.40. The van der Waals surface area contributed by atoms with Gasteiger partial charge in [0.25, 0.3) is 0 Å². The summed E-state index contributed by atoms with van der Waals surface area (Å²) in [5.74, 6) is -0.252. The van der Waals surface area contributed by atoms with Crippen LogP contribution in [0.2, 0.25) is 0 Å². The van der Waals surface area contributed by atoms with E-state index in [1.807, 2.05) is 23.1 Å². The Morgan fingerprint density at radius 2 is 1.69 bits per heavy atom. The quantitative estimate of drug-likeness (QED) is 0.785. The summed E-state index contributed by atoms with van der Waals surface area (Å²) in [6.45, 7) is 2.78. The van der Waals surface area contributed by atoms with Crippen LogP contribution in [0.5, 0.6) is 0 Å². The first kappa shape index (κ1) is 18.4. The van der Waals surface area contributed by atoms with Crippen molar-refractivity contribution in [2.75, 3.05) is 20.1 Å². The predicted octanol–water partition coefficient (Wildman–Crippen LogP) is 3.63. The third-order valence-electron chi connectivity index (χ3n) is 4.58. The molecule has 0 saturated heterocycles. The minimum atomic E-state index is -0.252. The molecule has 1 fully saturated rings. The molecule has 0 aliphatic heterocycles. The van der Waals surface area contributed by atoms with E-state index in [2.05, 4.69) is 29.4 Å². The number of carbonyl (C=O) groups is 1. The summed E-state index contributed by atoms with van der Waals surface area (Å²) in [7, 11) is 2.05. The molecule has 0 aromatic heterocycles. The van der Waals surface area contributed by atoms with Gasteiger partial charge in [-0.05, 0) is 43.1 Å². The van der Waals surface area contributed by atoms with Crippen LogP contribution in [0.25, 0.3) is 0 Å². The smallest absolute Gasteiger partial charge is 0.317 e. The van der Waals surface area contributed by atoms with Crippen LogP contribution in [0, 0.1) is 5.82 Å². The van der Waals surface area contributed by atoms with Gasteiger partial charge in [-0.2, -0.15) is 0 Å². The molecule has 2 aromatic carbocycles. The number of nitrogens with one attached hydrogen (secondary N) is 1. The molecule has 4 nitrogen and oxygen atoms in total. The lowest BCUT2D eigenvalue weighted by Gasteiger charge is -2.24. The van der Waals surface area contributed by atoms with Crippen molar-refractivity contribution in [3.8, 4) is 0 Å². The number of halogens is 1. The van der Waals surface area contributed by atoms with Gasteiger partial charge < -0.3 is 15.1 Å². The normalized spacial score (nSPS) is 13.7. The molecule has 0 spiro atoms. The van der Waals surface area contributed by atoms with Gasteiger partial charge >= 0.3 is 6.03 Å². The number of amides is 2. The van der Waals surface area contributed by atoms with Crippen LogP contribution in [-0.2, 0) is 13.1 Å². The van der Waals surface area contributed by atoms with Crippen molar-refractivity contribution < 1.29 is 9.18 Å². The highest BCUT2D eigenvalue weighted by Crippen LogP contribution is 2.28. The summed E-state index contributed by atoms with van der Waals surface area (Å²) < 4.78 is 13.1. The lowest BCUT2D eigenvalue weighted by molar-refractivity contribution is 0.190. The average Bonchev–Trinajstić information content (AvgIpc) is 3.47. The summed E-state index contributed by atoms with van der Waals surface area (Å²) in [6.07, 6.45) is 2.09. The summed E-state index contributed by atoms with van der Waals surface area (Å²) in [4.78, 5) is 16.6. The predicted molar refractivity (Wildman–Crippen MR) is 101 cm³/mol. The van der Waals surface area contributed by atoms with E-state index in [-0.39, 0.29) is 11.8 Å². The van der Waals surface area contributed by atoms with E-state index in [0.717, 1.165) is 31.5 Å². The molecule has 1 aliphatic rings. The Morgan fingerprint density at radius 3 is 2.35 bits per heavy atom. The number of rotatable bonds is 8. The van der Waals surface area contributed by atoms with Gasteiger partial charge in [-0.15, -0.1) is 0 Å². The van der Waals surface area contributed by atoms with Crippen LogP contribution in [0.15, 0.2) is 54.6 Å². The SMILES string of the molecule is CN(CCNC(=O)N(Cc1ccc(F)cc1)C1CC1)Cc1ccccc1. The van der Waals surface area contributed by atoms with Gasteiger partial charge in [0.05, 0.1) is 0 Å². The van der Waals surface area contributed by atoms with Crippen molar-refractivity contribution >= 4 is 6.03 Å². The highest BCUT2D eigenvalue weighted by atomic mass is 19.1. The summed E-state index contributed by atoms with van der Waals surface area (Å²) in [5, 5.41) is 3.02. The summed E-state index contributed by atoms with van der Waals surface area (Å²) in [6, 6.07) is 16.9. The third-order valence-corrected chi connectivity index (χ3v) is 4.58. The minimum absolute atomic E-state index is 0.0371. The van der Waals surface area contributed by atoms with E-state index >= 15 is 0 Å². The number of urea groups is 1. The molecule has 5 heteroatoms. The van der Waals surface area contributed by atoms with Crippen molar-refractivity contribution in [3.63, 3.8) is 0 Å². The lowest BCUT2D eigenvalue weighted by atomic mass is 10.2. The topological polar surface area (TPSA) is 35.6 Å². The van der Waals surface area contributed by atoms with Crippen LogP contribution < -0.4 is 5.32 Å². The van der Waals surface area contributed by atoms with Crippen molar-refractivity contribution in [2.24, 2.45) is 0 Å². The number of hydrogen-bond acceptors (Lipinski definition) is 2. The molecule has 1 saturated carbocycles. The van der Waals surface area contributed by atoms with Crippen LogP contribution in [-0.4, -0.2) is 42.0 Å². The molecule has 0 heterocycles. The fourth-order valence-corrected chi connectivity index (χ4v) is 2.97. The molecule has 0 unspecified atom stereocenters. The van der Waals surface area contributed by atoms with E-state index in [0.29, 0.717) is 19.1 Å². The fourth-order valence-electron chi connectivity index (χ4n) is 2.97. The number of nitrogens with zero attached hydrogens (tertiary/aromatic N) is 2. The second kappa shape index (κ2) is 8.81. The van der Waals surface area contributed by atoms with Crippen molar-refractivity contribution in [3.05, 3.63) is 71.5 Å². The molecule has 2 amide bonds. The lowest BCUT2D eigenvalue weighted by Crippen LogP contribution is -2.43. The maximum Gasteiger partial charge on any atom is 0.317 e. The summed E-state index contributed by atoms with van der Waals surface area (Å²) >= 11 is 0. The number of likely N-dealkylation sites (N-methyl/N-ethyl adjacent to an activating group) is 1. The number of carbonyl (C=O) groups excluding carboxylic acids is 1. The first-order chi connectivity index (χ1) is 12.6. The maximum atomic E-state index is 13.1. The first-order valence-corrected chi connectivity index (χ1v) is 9.13. The minimum Gasteiger partial charge on any atom is -0.337 e. The fraction of sp³-hybridized carbons (Fsp3) is 0.381. The molecule has 1 N–H and O–H groups in total. The standard InChI is InChI=1S/C21H26FN3O/c1-24(15-17-5-3-2-4-6-17)14-13-23-21(26)25(20-11-12-20)16-18-7-9-19(22)10-8-18/h2-10,20H,11-16H2,1H3,(H,23,26). The van der Waals surface area contributed by atoms with Crippen LogP contribution >= 0.6 is 0 Å². The van der Waals surface area contributed by atoms with Gasteiger partial charge in [0.2, 0.25) is 0 Å². The Morgan fingerprint density at radius 1 is 1.04 bits per heavy atom. The zero-order valence-corrected chi connectivity index (χ0v) is 15.2. The van der Waals surface area contributed by atoms with Gasteiger partial charge in [-0.1, -0.05) is 42.5 Å². The molecule has 1 aliphatic carbocycles. The van der Waals surface area contributed by atoms with E-state index < -0.39 is 0 Å². The largest absolute Gasteiger partial charge is 0.337 e. The Balaban J connectivity index is 1.45. The average molecular weight is 355 g/mol. The second-order valence-corrected chi connectivity index (χ2v) is 6.94. The van der Waals surface area contributed by atoms with Gasteiger partial charge in [-0.25, -0.2) is 9.18 Å². The highest BCUT2D eigenvalue weighted by Gasteiger charge is 2.32. The molecular weight excluding hydrogens is 329 g/mol. The van der Waals surface area contributed by atoms with E-state index in [9.17, 15) is 9.18 Å². The van der Waals surface area contributed by atoms with Crippen LogP contribution in [0.3, 0.4) is 0 Å². The van der Waals surface area contributed by atoms with E-state index in [1.165, 1.54) is 17.7 Å². The van der Waals surface area contributed by atoms with E-state index in [4.69, 9.17) is 0 Å². The zero-order chi connectivity index (χ0) is 18.4. The van der Waals surface area contributed by atoms with Crippen molar-refractivity contribution in [1.82, 2.24) is 15.1 Å². The monoisotopic (exact) mass is 355 g/mol. The molecule has 26 heavy (non-hydrogen) atoms. The molecule has 0 atom stereocenters. The zero-order valence-electron chi connectivity index (χ0n) is 15.2. The molecule has 0 bridgehead atoms. The Bertz CT molecular complexity index is 701. The van der Waals surface area contributed by atoms with Crippen molar-refractivity contribution in [2.45, 2.75) is 32.0 Å². The van der Waals surface area contributed by atoms with Crippen LogP contribution in [0.1, 0.15) is 24.0 Å². The van der Waals surface area contributed by atoms with Crippen molar-refractivity contribution in [1.29, 1.82) is 0 Å². The number of hydrogen-bond donors (Lipinski definition) is 1. The summed E-state index contributed by atoms with van der Waals surface area (Å²) in [5.41, 5.74) is 2.21. The second-order valence-electron chi connectivity index (χ2n) is 6.94. The molecule has 0 radical (unpaired) electrons. The number of benzene rings is 2. The molecule has 138 valence electrons. The highest BCUT2D eigenvalue weighted by molar-refractivity contribution is 5.74. The third kappa shape index (κ3) is 5.56. The van der Waals surface area contributed by atoms with Gasteiger partial charge in [0.15, 0.2) is 0 Å². The molecule has 3 rings (SSSR count). The maximum absolute atomic E-state index is 13.1. The Kier molecular flexibility index (Phi) is 6.23. The van der Waals surface area contributed by atoms with Gasteiger partial charge in [0.1, 0.15) is 5.82 Å². The van der Waals surface area contributed by atoms with Gasteiger partial charge in [-0.3, -0.25) is 0 Å². The Labute approximate surface area is 154 Å². The van der Waals surface area contributed by atoms with Gasteiger partial charge in [0, 0.05) is 32.2 Å². The van der Waals surface area contributed by atoms with Crippen LogP contribution in [0.4, 0.5) is 9.18 Å². The molecule has 2 aromatic rings. The van der Waals surface area contributed by atoms with E-state index in [1.54, 1.807) is 12.1 Å². The molecular formula is C21H26FN3O. The first-order valence-electron chi connectivity index (χ1n) is 9.13.